The van der Waals surface area contributed by atoms with Crippen LogP contribution in [-0.2, 0) is 0 Å². The van der Waals surface area contributed by atoms with Crippen molar-refractivity contribution >= 4 is 22.7 Å². The summed E-state index contributed by atoms with van der Waals surface area (Å²) < 4.78 is 13.2. The molecular formula is C15H18FN3. The zero-order valence-electron chi connectivity index (χ0n) is 11.4. The summed E-state index contributed by atoms with van der Waals surface area (Å²) in [7, 11) is 3.98. The standard InChI is InChI=1S/C15H18FN3/c1-10-4-6-12(9-15(10)19(2)3)18-14-8-11(16)5-7-13(14)17/h4-9,18H,17H2,1-3H3. The van der Waals surface area contributed by atoms with Crippen LogP contribution < -0.4 is 16.0 Å². The summed E-state index contributed by atoms with van der Waals surface area (Å²) in [6.07, 6.45) is 0. The van der Waals surface area contributed by atoms with E-state index >= 15 is 0 Å². The molecule has 0 amide bonds. The quantitative estimate of drug-likeness (QED) is 0.829. The highest BCUT2D eigenvalue weighted by molar-refractivity contribution is 5.74. The highest BCUT2D eigenvalue weighted by Crippen LogP contribution is 2.28. The van der Waals surface area contributed by atoms with Gasteiger partial charge in [-0.3, -0.25) is 0 Å². The van der Waals surface area contributed by atoms with Crippen molar-refractivity contribution < 1.29 is 4.39 Å². The highest BCUT2D eigenvalue weighted by Gasteiger charge is 2.05. The number of nitrogens with one attached hydrogen (secondary N) is 1. The van der Waals surface area contributed by atoms with Crippen LogP contribution >= 0.6 is 0 Å². The fourth-order valence-electron chi connectivity index (χ4n) is 1.96. The number of rotatable bonds is 3. The van der Waals surface area contributed by atoms with Gasteiger partial charge in [0, 0.05) is 25.5 Å². The normalized spacial score (nSPS) is 10.3. The van der Waals surface area contributed by atoms with Gasteiger partial charge in [-0.1, -0.05) is 6.07 Å². The van der Waals surface area contributed by atoms with Gasteiger partial charge in [0.05, 0.1) is 11.4 Å². The zero-order valence-corrected chi connectivity index (χ0v) is 11.4. The van der Waals surface area contributed by atoms with Gasteiger partial charge in [0.25, 0.3) is 0 Å². The number of halogens is 1. The minimum atomic E-state index is -0.309. The van der Waals surface area contributed by atoms with Gasteiger partial charge in [-0.15, -0.1) is 0 Å². The molecule has 0 unspecified atom stereocenters. The summed E-state index contributed by atoms with van der Waals surface area (Å²) in [4.78, 5) is 2.04. The predicted molar refractivity (Wildman–Crippen MR) is 79.6 cm³/mol. The van der Waals surface area contributed by atoms with Gasteiger partial charge >= 0.3 is 0 Å². The molecule has 0 aliphatic heterocycles. The Bertz CT molecular complexity index is 594. The largest absolute Gasteiger partial charge is 0.397 e. The first-order chi connectivity index (χ1) is 8.97. The topological polar surface area (TPSA) is 41.3 Å². The van der Waals surface area contributed by atoms with Crippen LogP contribution in [0, 0.1) is 12.7 Å². The van der Waals surface area contributed by atoms with Crippen molar-refractivity contribution in [3.05, 3.63) is 47.8 Å². The monoisotopic (exact) mass is 259 g/mol. The molecule has 3 N–H and O–H groups in total. The molecule has 0 fully saturated rings. The third-order valence-corrected chi connectivity index (χ3v) is 2.99. The average molecular weight is 259 g/mol. The molecule has 2 aromatic rings. The number of hydrogen-bond donors (Lipinski definition) is 2. The Morgan fingerprint density at radius 2 is 1.84 bits per heavy atom. The molecule has 0 atom stereocenters. The molecule has 2 aromatic carbocycles. The van der Waals surface area contributed by atoms with E-state index in [2.05, 4.69) is 12.2 Å². The Labute approximate surface area is 112 Å². The molecule has 19 heavy (non-hydrogen) atoms. The molecule has 2 rings (SSSR count). The van der Waals surface area contributed by atoms with E-state index in [1.54, 1.807) is 6.07 Å². The first-order valence-corrected chi connectivity index (χ1v) is 6.07. The van der Waals surface area contributed by atoms with Crippen LogP contribution in [0.15, 0.2) is 36.4 Å². The van der Waals surface area contributed by atoms with E-state index in [9.17, 15) is 4.39 Å². The summed E-state index contributed by atoms with van der Waals surface area (Å²) in [5.41, 5.74) is 10.1. The second-order valence-electron chi connectivity index (χ2n) is 4.75. The Kier molecular flexibility index (Phi) is 3.60. The number of hydrogen-bond acceptors (Lipinski definition) is 3. The fraction of sp³-hybridized carbons (Fsp3) is 0.200. The van der Waals surface area contributed by atoms with Gasteiger partial charge in [-0.25, -0.2) is 4.39 Å². The Morgan fingerprint density at radius 1 is 1.11 bits per heavy atom. The summed E-state index contributed by atoms with van der Waals surface area (Å²) in [5, 5.41) is 3.14. The zero-order chi connectivity index (χ0) is 14.0. The number of nitrogens with zero attached hydrogens (tertiary/aromatic N) is 1. The predicted octanol–water partition coefficient (Wildman–Crippen LogP) is 3.53. The van der Waals surface area contributed by atoms with E-state index in [1.165, 1.54) is 17.7 Å². The number of nitrogens with two attached hydrogens (primary N) is 1. The number of anilines is 4. The molecule has 0 aliphatic carbocycles. The van der Waals surface area contributed by atoms with Crippen LogP contribution in [0.2, 0.25) is 0 Å². The number of aryl methyl sites for hydroxylation is 1. The molecule has 0 saturated carbocycles. The molecule has 0 aliphatic rings. The van der Waals surface area contributed by atoms with Crippen molar-refractivity contribution in [1.29, 1.82) is 0 Å². The molecular weight excluding hydrogens is 241 g/mol. The Balaban J connectivity index is 2.33. The minimum Gasteiger partial charge on any atom is -0.397 e. The van der Waals surface area contributed by atoms with Crippen LogP contribution in [-0.4, -0.2) is 14.1 Å². The van der Waals surface area contributed by atoms with Crippen molar-refractivity contribution in [2.45, 2.75) is 6.92 Å². The molecule has 4 heteroatoms. The van der Waals surface area contributed by atoms with Crippen molar-refractivity contribution in [3.63, 3.8) is 0 Å². The van der Waals surface area contributed by atoms with Crippen molar-refractivity contribution in [2.75, 3.05) is 30.0 Å². The fourth-order valence-corrected chi connectivity index (χ4v) is 1.96. The SMILES string of the molecule is Cc1ccc(Nc2cc(F)ccc2N)cc1N(C)C. The first-order valence-electron chi connectivity index (χ1n) is 6.07. The molecule has 0 heterocycles. The molecule has 100 valence electrons. The van der Waals surface area contributed by atoms with Gasteiger partial charge in [0.15, 0.2) is 0 Å². The summed E-state index contributed by atoms with van der Waals surface area (Å²) in [6, 6.07) is 10.3. The van der Waals surface area contributed by atoms with Crippen LogP contribution in [0.1, 0.15) is 5.56 Å². The van der Waals surface area contributed by atoms with E-state index in [0.717, 1.165) is 11.4 Å². The molecule has 0 aromatic heterocycles. The van der Waals surface area contributed by atoms with Crippen LogP contribution in [0.4, 0.5) is 27.1 Å². The molecule has 3 nitrogen and oxygen atoms in total. The van der Waals surface area contributed by atoms with Gasteiger partial charge in [0.1, 0.15) is 5.82 Å². The Morgan fingerprint density at radius 3 is 2.53 bits per heavy atom. The van der Waals surface area contributed by atoms with E-state index in [1.807, 2.05) is 37.2 Å². The maximum atomic E-state index is 13.2. The Hall–Kier alpha value is -2.23. The molecule has 0 saturated heterocycles. The van der Waals surface area contributed by atoms with Gasteiger partial charge in [-0.2, -0.15) is 0 Å². The summed E-state index contributed by atoms with van der Waals surface area (Å²) in [5.74, 6) is -0.309. The lowest BCUT2D eigenvalue weighted by atomic mass is 10.1. The lowest BCUT2D eigenvalue weighted by Crippen LogP contribution is -2.10. The van der Waals surface area contributed by atoms with Crippen molar-refractivity contribution in [1.82, 2.24) is 0 Å². The number of benzene rings is 2. The molecule has 0 radical (unpaired) electrons. The molecule has 0 bridgehead atoms. The van der Waals surface area contributed by atoms with Crippen molar-refractivity contribution in [3.8, 4) is 0 Å². The van der Waals surface area contributed by atoms with Crippen LogP contribution in [0.25, 0.3) is 0 Å². The van der Waals surface area contributed by atoms with Crippen LogP contribution in [0.3, 0.4) is 0 Å². The lowest BCUT2D eigenvalue weighted by Gasteiger charge is -2.18. The van der Waals surface area contributed by atoms with Gasteiger partial charge in [-0.05, 0) is 42.8 Å². The van der Waals surface area contributed by atoms with Gasteiger partial charge in [0.2, 0.25) is 0 Å². The second kappa shape index (κ2) is 5.18. The third kappa shape index (κ3) is 2.96. The summed E-state index contributed by atoms with van der Waals surface area (Å²) in [6.45, 7) is 2.05. The molecule has 0 spiro atoms. The van der Waals surface area contributed by atoms with Crippen molar-refractivity contribution in [2.24, 2.45) is 0 Å². The maximum absolute atomic E-state index is 13.2. The van der Waals surface area contributed by atoms with Gasteiger partial charge < -0.3 is 16.0 Å². The van der Waals surface area contributed by atoms with Crippen LogP contribution in [0.5, 0.6) is 0 Å². The highest BCUT2D eigenvalue weighted by atomic mass is 19.1. The van der Waals surface area contributed by atoms with E-state index in [0.29, 0.717) is 11.4 Å². The first kappa shape index (κ1) is 13.2. The minimum absolute atomic E-state index is 0.309. The second-order valence-corrected chi connectivity index (χ2v) is 4.75. The summed E-state index contributed by atoms with van der Waals surface area (Å²) >= 11 is 0. The maximum Gasteiger partial charge on any atom is 0.125 e. The number of nitrogen functional groups attached to an aromatic ring is 1. The van der Waals surface area contributed by atoms with E-state index in [4.69, 9.17) is 5.73 Å². The third-order valence-electron chi connectivity index (χ3n) is 2.99. The van der Waals surface area contributed by atoms with E-state index in [-0.39, 0.29) is 5.82 Å². The average Bonchev–Trinajstić information content (AvgIpc) is 2.36. The lowest BCUT2D eigenvalue weighted by molar-refractivity contribution is 0.628. The van der Waals surface area contributed by atoms with E-state index < -0.39 is 0 Å². The smallest absolute Gasteiger partial charge is 0.125 e.